The molecule has 2 aliphatic rings. The van der Waals surface area contributed by atoms with Crippen molar-refractivity contribution in [3.05, 3.63) is 93.4 Å². The molecule has 2 aromatic carbocycles. The van der Waals surface area contributed by atoms with Crippen LogP contribution in [0.15, 0.2) is 65.2 Å². The number of nitrogens with two attached hydrogens (primary N) is 2. The zero-order chi connectivity index (χ0) is 25.2. The van der Waals surface area contributed by atoms with Crippen molar-refractivity contribution in [1.82, 2.24) is 14.9 Å². The largest absolute Gasteiger partial charge is 0.493 e. The van der Waals surface area contributed by atoms with E-state index in [4.69, 9.17) is 26.4 Å². The number of aryl methyl sites for hydroxylation is 1. The summed E-state index contributed by atoms with van der Waals surface area (Å²) in [5.41, 5.74) is 15.0. The van der Waals surface area contributed by atoms with Crippen molar-refractivity contribution in [1.29, 1.82) is 5.41 Å². The summed E-state index contributed by atoms with van der Waals surface area (Å²) >= 11 is 0. The molecule has 1 unspecified atom stereocenters. The Labute approximate surface area is 207 Å². The summed E-state index contributed by atoms with van der Waals surface area (Å²) in [7, 11) is 1.61. The van der Waals surface area contributed by atoms with Crippen LogP contribution in [0.2, 0.25) is 0 Å². The number of benzene rings is 2. The van der Waals surface area contributed by atoms with E-state index >= 15 is 0 Å². The molecular formula is C25H28N8O3. The fourth-order valence-electron chi connectivity index (χ4n) is 4.34. The average molecular weight is 489 g/mol. The molecule has 3 heterocycles. The third-order valence-electron chi connectivity index (χ3n) is 6.10. The van der Waals surface area contributed by atoms with Gasteiger partial charge in [0.15, 0.2) is 17.3 Å². The van der Waals surface area contributed by atoms with Gasteiger partial charge in [-0.3, -0.25) is 15.4 Å². The molecule has 0 spiro atoms. The summed E-state index contributed by atoms with van der Waals surface area (Å²) in [6, 6.07) is 10.6. The number of methoxy groups -OCH3 is 1. The van der Waals surface area contributed by atoms with Gasteiger partial charge in [-0.25, -0.2) is 4.79 Å². The Morgan fingerprint density at radius 2 is 2.11 bits per heavy atom. The molecule has 0 saturated carbocycles. The predicted molar refractivity (Wildman–Crippen MR) is 137 cm³/mol. The molecule has 1 atom stereocenters. The predicted octanol–water partition coefficient (Wildman–Crippen LogP) is 1.70. The molecule has 11 heteroatoms. The Morgan fingerprint density at radius 3 is 2.83 bits per heavy atom. The number of aromatic amines is 1. The minimum atomic E-state index is -0.523. The maximum absolute atomic E-state index is 12.9. The molecule has 0 fully saturated rings. The summed E-state index contributed by atoms with van der Waals surface area (Å²) in [5.74, 6) is 1.77. The topological polar surface area (TPSA) is 160 Å². The SMILES string of the molecule is COc1cc(C(Nc2ccc(C(=N)N)cc2)c2nn(N3C=CC=C(N)C3)c(=O)[nH]2)cc2c1OCCC2. The number of fused-ring (bicyclic) bond motifs is 1. The maximum Gasteiger partial charge on any atom is 0.363 e. The Hall–Kier alpha value is -4.67. The van der Waals surface area contributed by atoms with Gasteiger partial charge >= 0.3 is 5.69 Å². The van der Waals surface area contributed by atoms with Gasteiger partial charge in [-0.05, 0) is 72.5 Å². The van der Waals surface area contributed by atoms with Gasteiger partial charge in [0.25, 0.3) is 0 Å². The van der Waals surface area contributed by atoms with Gasteiger partial charge in [0.05, 0.1) is 20.3 Å². The third-order valence-corrected chi connectivity index (χ3v) is 6.10. The second kappa shape index (κ2) is 9.53. The van der Waals surface area contributed by atoms with Crippen LogP contribution in [-0.2, 0) is 6.42 Å². The first-order valence-electron chi connectivity index (χ1n) is 11.6. The summed E-state index contributed by atoms with van der Waals surface area (Å²) in [6.07, 6.45) is 7.05. The number of hydrogen-bond acceptors (Lipinski definition) is 8. The second-order valence-corrected chi connectivity index (χ2v) is 8.62. The Bertz CT molecular complexity index is 1390. The third kappa shape index (κ3) is 4.50. The lowest BCUT2D eigenvalue weighted by Gasteiger charge is -2.24. The molecule has 186 valence electrons. The lowest BCUT2D eigenvalue weighted by atomic mass is 9.97. The van der Waals surface area contributed by atoms with Crippen LogP contribution < -0.4 is 37.0 Å². The number of H-pyrrole nitrogens is 1. The fraction of sp³-hybridized carbons (Fsp3) is 0.240. The summed E-state index contributed by atoms with van der Waals surface area (Å²) < 4.78 is 11.5. The molecule has 36 heavy (non-hydrogen) atoms. The highest BCUT2D eigenvalue weighted by Crippen LogP contribution is 2.39. The highest BCUT2D eigenvalue weighted by atomic mass is 16.5. The Balaban J connectivity index is 1.57. The van der Waals surface area contributed by atoms with Crippen molar-refractivity contribution in [2.45, 2.75) is 18.9 Å². The number of ether oxygens (including phenoxy) is 2. The number of nitrogens with zero attached hydrogens (tertiary/aromatic N) is 3. The quantitative estimate of drug-likeness (QED) is 0.248. The summed E-state index contributed by atoms with van der Waals surface area (Å²) in [4.78, 5) is 17.1. The maximum atomic E-state index is 12.9. The Kier molecular flexibility index (Phi) is 6.11. The van der Waals surface area contributed by atoms with E-state index in [9.17, 15) is 4.79 Å². The van der Waals surface area contributed by atoms with Crippen molar-refractivity contribution in [3.8, 4) is 11.5 Å². The standard InChI is InChI=1S/C25H28N8O3/c1-35-20-13-17(12-16-4-3-11-36-22(16)20)21(29-19-8-6-15(7-9-19)23(27)28)24-30-25(34)33(31-24)32-10-2-5-18(26)14-32/h2,5-10,12-13,21,29H,3-4,11,14,26H2,1H3,(H3,27,28)(H,30,31,34). The van der Waals surface area contributed by atoms with Crippen LogP contribution in [0, 0.1) is 5.41 Å². The molecule has 0 aliphatic carbocycles. The van der Waals surface area contributed by atoms with Crippen LogP contribution in [0.5, 0.6) is 11.5 Å². The number of anilines is 1. The first-order valence-corrected chi connectivity index (χ1v) is 11.6. The highest BCUT2D eigenvalue weighted by molar-refractivity contribution is 5.95. The second-order valence-electron chi connectivity index (χ2n) is 8.62. The minimum Gasteiger partial charge on any atom is -0.493 e. The Morgan fingerprint density at radius 1 is 1.31 bits per heavy atom. The zero-order valence-corrected chi connectivity index (χ0v) is 19.8. The number of rotatable bonds is 7. The fourth-order valence-corrected chi connectivity index (χ4v) is 4.34. The van der Waals surface area contributed by atoms with E-state index in [1.807, 2.05) is 18.2 Å². The van der Waals surface area contributed by atoms with Gasteiger partial charge in [0.1, 0.15) is 11.9 Å². The van der Waals surface area contributed by atoms with E-state index in [-0.39, 0.29) is 5.84 Å². The van der Waals surface area contributed by atoms with Crippen molar-refractivity contribution < 1.29 is 9.47 Å². The molecular weight excluding hydrogens is 460 g/mol. The van der Waals surface area contributed by atoms with Crippen LogP contribution in [0.25, 0.3) is 0 Å². The molecule has 3 aromatic rings. The molecule has 7 N–H and O–H groups in total. The van der Waals surface area contributed by atoms with Gasteiger partial charge in [0, 0.05) is 23.1 Å². The van der Waals surface area contributed by atoms with Gasteiger partial charge in [0.2, 0.25) is 0 Å². The van der Waals surface area contributed by atoms with Crippen LogP contribution in [0.1, 0.15) is 35.0 Å². The van der Waals surface area contributed by atoms with E-state index in [1.54, 1.807) is 42.6 Å². The summed E-state index contributed by atoms with van der Waals surface area (Å²) in [6.45, 7) is 0.987. The summed E-state index contributed by atoms with van der Waals surface area (Å²) in [5, 5.41) is 17.3. The molecule has 1 aromatic heterocycles. The number of nitrogens with one attached hydrogen (secondary N) is 3. The van der Waals surface area contributed by atoms with Crippen molar-refractivity contribution in [3.63, 3.8) is 0 Å². The smallest absolute Gasteiger partial charge is 0.363 e. The van der Waals surface area contributed by atoms with E-state index in [1.165, 1.54) is 4.79 Å². The number of nitrogen functional groups attached to an aromatic ring is 1. The lowest BCUT2D eigenvalue weighted by molar-refractivity contribution is 0.269. The first kappa shape index (κ1) is 23.1. The number of hydrogen-bond donors (Lipinski definition) is 5. The molecule has 0 radical (unpaired) electrons. The lowest BCUT2D eigenvalue weighted by Crippen LogP contribution is -2.41. The molecule has 0 saturated heterocycles. The van der Waals surface area contributed by atoms with Gasteiger partial charge in [-0.1, -0.05) is 0 Å². The van der Waals surface area contributed by atoms with Gasteiger partial charge in [-0.2, -0.15) is 0 Å². The zero-order valence-electron chi connectivity index (χ0n) is 19.8. The van der Waals surface area contributed by atoms with Gasteiger partial charge < -0.3 is 26.3 Å². The van der Waals surface area contributed by atoms with Crippen LogP contribution in [0.3, 0.4) is 0 Å². The van der Waals surface area contributed by atoms with Crippen LogP contribution >= 0.6 is 0 Å². The average Bonchev–Trinajstić information content (AvgIpc) is 3.28. The molecule has 11 nitrogen and oxygen atoms in total. The number of aromatic nitrogens is 3. The molecule has 5 rings (SSSR count). The normalized spacial score (nSPS) is 15.5. The van der Waals surface area contributed by atoms with Crippen LogP contribution in [-0.4, -0.2) is 41.0 Å². The highest BCUT2D eigenvalue weighted by Gasteiger charge is 2.26. The number of allylic oxidation sites excluding steroid dienone is 2. The molecule has 2 aliphatic heterocycles. The van der Waals surface area contributed by atoms with E-state index in [0.29, 0.717) is 36.0 Å². The number of amidine groups is 1. The van der Waals surface area contributed by atoms with E-state index < -0.39 is 11.7 Å². The minimum absolute atomic E-state index is 0.0106. The van der Waals surface area contributed by atoms with Crippen molar-refractivity contribution in [2.24, 2.45) is 11.5 Å². The molecule has 0 amide bonds. The van der Waals surface area contributed by atoms with Crippen molar-refractivity contribution in [2.75, 3.05) is 30.6 Å². The van der Waals surface area contributed by atoms with Crippen LogP contribution in [0.4, 0.5) is 5.69 Å². The van der Waals surface area contributed by atoms with E-state index in [0.717, 1.165) is 35.4 Å². The van der Waals surface area contributed by atoms with Crippen molar-refractivity contribution >= 4 is 11.5 Å². The van der Waals surface area contributed by atoms with E-state index in [2.05, 4.69) is 21.5 Å². The first-order chi connectivity index (χ1) is 17.4. The molecule has 0 bridgehead atoms. The monoisotopic (exact) mass is 488 g/mol. The van der Waals surface area contributed by atoms with Gasteiger partial charge in [-0.15, -0.1) is 9.89 Å².